The lowest BCUT2D eigenvalue weighted by atomic mass is 10.3. The zero-order valence-corrected chi connectivity index (χ0v) is 16.3. The van der Waals surface area contributed by atoms with Gasteiger partial charge in [0.2, 0.25) is 5.91 Å². The van der Waals surface area contributed by atoms with Crippen LogP contribution in [0.2, 0.25) is 0 Å². The molecule has 2 heterocycles. The smallest absolute Gasteiger partial charge is 0.311 e. The Labute approximate surface area is 163 Å². The van der Waals surface area contributed by atoms with Crippen molar-refractivity contribution in [3.05, 3.63) is 40.1 Å². The van der Waals surface area contributed by atoms with Crippen molar-refractivity contribution in [1.82, 2.24) is 14.5 Å². The van der Waals surface area contributed by atoms with E-state index in [0.29, 0.717) is 29.1 Å². The van der Waals surface area contributed by atoms with Gasteiger partial charge in [-0.25, -0.2) is 4.98 Å². The summed E-state index contributed by atoms with van der Waals surface area (Å²) in [6.45, 7) is 6.04. The predicted molar refractivity (Wildman–Crippen MR) is 105 cm³/mol. The minimum absolute atomic E-state index is 0.0137. The quantitative estimate of drug-likeness (QED) is 0.274. The highest BCUT2D eigenvalue weighted by atomic mass is 32.2. The highest BCUT2D eigenvalue weighted by Crippen LogP contribution is 2.19. The standard InChI is InChI=1S/C16H19N5O4S2/c1-3-5-21-11(17)7-12(22)20-16(21)27-9-13(23)19-15-18-10(8-26-15)6-14(24)25-4-2/h3,7-8H,1,4-6,9,17H2,2H3,(H,18,19,23). The number of nitrogen functional groups attached to an aromatic ring is 1. The molecule has 0 fully saturated rings. The van der Waals surface area contributed by atoms with E-state index >= 15 is 0 Å². The second-order valence-corrected chi connectivity index (χ2v) is 6.96. The van der Waals surface area contributed by atoms with E-state index in [0.717, 1.165) is 11.8 Å². The molecule has 0 spiro atoms. The zero-order valence-electron chi connectivity index (χ0n) is 14.6. The molecule has 0 aliphatic rings. The van der Waals surface area contributed by atoms with Crippen LogP contribution in [0.3, 0.4) is 0 Å². The average Bonchev–Trinajstić information content (AvgIpc) is 3.02. The molecule has 11 heteroatoms. The summed E-state index contributed by atoms with van der Waals surface area (Å²) < 4.78 is 6.45. The number of rotatable bonds is 9. The van der Waals surface area contributed by atoms with Crippen LogP contribution in [0.1, 0.15) is 12.6 Å². The van der Waals surface area contributed by atoms with Crippen LogP contribution in [0.5, 0.6) is 0 Å². The summed E-state index contributed by atoms with van der Waals surface area (Å²) in [4.78, 5) is 43.2. The van der Waals surface area contributed by atoms with Crippen LogP contribution in [0.15, 0.2) is 34.1 Å². The highest BCUT2D eigenvalue weighted by molar-refractivity contribution is 7.99. The maximum atomic E-state index is 12.1. The molecule has 27 heavy (non-hydrogen) atoms. The van der Waals surface area contributed by atoms with Crippen LogP contribution in [-0.4, -0.2) is 38.8 Å². The Morgan fingerprint density at radius 3 is 2.96 bits per heavy atom. The molecule has 2 aromatic rings. The summed E-state index contributed by atoms with van der Waals surface area (Å²) in [7, 11) is 0. The summed E-state index contributed by atoms with van der Waals surface area (Å²) in [6.07, 6.45) is 1.67. The Morgan fingerprint density at radius 2 is 2.26 bits per heavy atom. The van der Waals surface area contributed by atoms with Gasteiger partial charge in [-0.2, -0.15) is 4.98 Å². The lowest BCUT2D eigenvalue weighted by Crippen LogP contribution is -2.19. The number of amides is 1. The molecule has 0 unspecified atom stereocenters. The molecule has 1 amide bonds. The molecular formula is C16H19N5O4S2. The number of carbonyl (C=O) groups excluding carboxylic acids is 2. The van der Waals surface area contributed by atoms with E-state index in [4.69, 9.17) is 10.5 Å². The maximum Gasteiger partial charge on any atom is 0.311 e. The summed E-state index contributed by atoms with van der Waals surface area (Å²) in [5.41, 5.74) is 5.87. The molecule has 0 radical (unpaired) electrons. The number of nitrogens with two attached hydrogens (primary N) is 1. The second-order valence-electron chi connectivity index (χ2n) is 5.16. The number of aromatic nitrogens is 3. The van der Waals surface area contributed by atoms with E-state index in [9.17, 15) is 14.4 Å². The molecule has 0 aliphatic carbocycles. The minimum atomic E-state index is -0.473. The van der Waals surface area contributed by atoms with Crippen LogP contribution in [0.25, 0.3) is 0 Å². The van der Waals surface area contributed by atoms with Gasteiger partial charge in [-0.05, 0) is 6.92 Å². The fraction of sp³-hybridized carbons (Fsp3) is 0.312. The fourth-order valence-electron chi connectivity index (χ4n) is 2.02. The molecule has 2 aromatic heterocycles. The van der Waals surface area contributed by atoms with Gasteiger partial charge in [0.25, 0.3) is 5.56 Å². The molecule has 0 saturated heterocycles. The van der Waals surface area contributed by atoms with Crippen LogP contribution in [-0.2, 0) is 27.3 Å². The van der Waals surface area contributed by atoms with Gasteiger partial charge in [-0.3, -0.25) is 14.4 Å². The van der Waals surface area contributed by atoms with Crippen molar-refractivity contribution in [2.45, 2.75) is 25.0 Å². The first-order chi connectivity index (χ1) is 12.9. The van der Waals surface area contributed by atoms with Crippen molar-refractivity contribution in [1.29, 1.82) is 0 Å². The molecule has 3 N–H and O–H groups in total. The van der Waals surface area contributed by atoms with Gasteiger partial charge in [0.1, 0.15) is 5.82 Å². The molecule has 0 aromatic carbocycles. The van der Waals surface area contributed by atoms with E-state index in [1.807, 2.05) is 0 Å². The number of allylic oxidation sites excluding steroid dienone is 1. The van der Waals surface area contributed by atoms with Gasteiger partial charge in [0.05, 0.1) is 24.5 Å². The Bertz CT molecular complexity index is 893. The van der Waals surface area contributed by atoms with Crippen LogP contribution in [0.4, 0.5) is 10.9 Å². The number of esters is 1. The van der Waals surface area contributed by atoms with Crippen molar-refractivity contribution in [3.8, 4) is 0 Å². The largest absolute Gasteiger partial charge is 0.466 e. The number of carbonyl (C=O) groups is 2. The Kier molecular flexibility index (Phi) is 7.55. The molecule has 2 rings (SSSR count). The number of hydrogen-bond acceptors (Lipinski definition) is 9. The summed E-state index contributed by atoms with van der Waals surface area (Å²) >= 11 is 2.29. The minimum Gasteiger partial charge on any atom is -0.466 e. The normalized spacial score (nSPS) is 10.4. The van der Waals surface area contributed by atoms with E-state index < -0.39 is 5.56 Å². The Balaban J connectivity index is 1.95. The van der Waals surface area contributed by atoms with Crippen LogP contribution in [0, 0.1) is 0 Å². The molecule has 0 aliphatic heterocycles. The first-order valence-electron chi connectivity index (χ1n) is 7.93. The monoisotopic (exact) mass is 409 g/mol. The first-order valence-corrected chi connectivity index (χ1v) is 9.80. The number of ether oxygens (including phenoxy) is 1. The van der Waals surface area contributed by atoms with E-state index in [1.54, 1.807) is 22.9 Å². The van der Waals surface area contributed by atoms with Gasteiger partial charge >= 0.3 is 5.97 Å². The molecule has 0 atom stereocenters. The van der Waals surface area contributed by atoms with Gasteiger partial charge in [0.15, 0.2) is 10.3 Å². The lowest BCUT2D eigenvalue weighted by Gasteiger charge is -2.12. The van der Waals surface area contributed by atoms with Crippen molar-refractivity contribution in [2.75, 3.05) is 23.4 Å². The van der Waals surface area contributed by atoms with E-state index in [1.165, 1.54) is 17.4 Å². The maximum absolute atomic E-state index is 12.1. The third kappa shape index (κ3) is 6.22. The highest BCUT2D eigenvalue weighted by Gasteiger charge is 2.13. The Morgan fingerprint density at radius 1 is 1.48 bits per heavy atom. The van der Waals surface area contributed by atoms with Crippen molar-refractivity contribution in [2.24, 2.45) is 0 Å². The molecule has 0 saturated carbocycles. The zero-order chi connectivity index (χ0) is 19.8. The van der Waals surface area contributed by atoms with Crippen molar-refractivity contribution in [3.63, 3.8) is 0 Å². The van der Waals surface area contributed by atoms with Gasteiger partial charge in [-0.15, -0.1) is 17.9 Å². The summed E-state index contributed by atoms with van der Waals surface area (Å²) in [5.74, 6) is -0.427. The van der Waals surface area contributed by atoms with Crippen molar-refractivity contribution < 1.29 is 14.3 Å². The summed E-state index contributed by atoms with van der Waals surface area (Å²) in [6, 6.07) is 1.22. The topological polar surface area (TPSA) is 129 Å². The average molecular weight is 409 g/mol. The van der Waals surface area contributed by atoms with Gasteiger partial charge in [-0.1, -0.05) is 17.8 Å². The Hall–Kier alpha value is -2.66. The predicted octanol–water partition coefficient (Wildman–Crippen LogP) is 1.30. The number of thioether (sulfide) groups is 1. The van der Waals surface area contributed by atoms with Crippen molar-refractivity contribution >= 4 is 45.9 Å². The number of hydrogen-bond donors (Lipinski definition) is 2. The van der Waals surface area contributed by atoms with Gasteiger partial charge in [0, 0.05) is 18.0 Å². The molecular weight excluding hydrogens is 390 g/mol. The van der Waals surface area contributed by atoms with Crippen LogP contribution >= 0.6 is 23.1 Å². The number of nitrogens with one attached hydrogen (secondary N) is 1. The number of nitrogens with zero attached hydrogens (tertiary/aromatic N) is 3. The second kappa shape index (κ2) is 9.88. The van der Waals surface area contributed by atoms with E-state index in [-0.39, 0.29) is 29.9 Å². The summed E-state index contributed by atoms with van der Waals surface area (Å²) in [5, 5.41) is 5.04. The first kappa shape index (κ1) is 20.6. The third-order valence-electron chi connectivity index (χ3n) is 3.09. The number of anilines is 2. The molecule has 0 bridgehead atoms. The third-order valence-corrected chi connectivity index (χ3v) is 4.88. The molecule has 9 nitrogen and oxygen atoms in total. The number of thiazole rings is 1. The van der Waals surface area contributed by atoms with E-state index in [2.05, 4.69) is 21.9 Å². The molecule has 144 valence electrons. The lowest BCUT2D eigenvalue weighted by molar-refractivity contribution is -0.142. The SMILES string of the molecule is C=CCn1c(N)cc(=O)nc1SCC(=O)Nc1nc(CC(=O)OCC)cs1. The fourth-order valence-corrected chi connectivity index (χ4v) is 3.56. The van der Waals surface area contributed by atoms with Crippen LogP contribution < -0.4 is 16.6 Å². The van der Waals surface area contributed by atoms with Gasteiger partial charge < -0.3 is 20.4 Å².